The molecule has 13 heavy (non-hydrogen) atoms. The Labute approximate surface area is 87.4 Å². The number of thiophene rings is 1. The van der Waals surface area contributed by atoms with Gasteiger partial charge in [0.15, 0.2) is 0 Å². The zero-order chi connectivity index (χ0) is 9.47. The highest BCUT2D eigenvalue weighted by Crippen LogP contribution is 2.46. The molecule has 0 amide bonds. The van der Waals surface area contributed by atoms with Crippen molar-refractivity contribution in [3.05, 3.63) is 21.3 Å². The third-order valence-corrected chi connectivity index (χ3v) is 4.41. The molecule has 2 rings (SSSR count). The summed E-state index contributed by atoms with van der Waals surface area (Å²) in [5.74, 6) is 0.363. The van der Waals surface area contributed by atoms with Crippen LogP contribution in [0.3, 0.4) is 0 Å². The van der Waals surface area contributed by atoms with Crippen molar-refractivity contribution >= 4 is 22.9 Å². The van der Waals surface area contributed by atoms with Crippen LogP contribution in [0.15, 0.2) is 12.1 Å². The number of rotatable bonds is 1. The summed E-state index contributed by atoms with van der Waals surface area (Å²) in [4.78, 5) is 1.03. The molecule has 1 aliphatic carbocycles. The van der Waals surface area contributed by atoms with E-state index in [-0.39, 0.29) is 0 Å². The molecule has 0 radical (unpaired) electrons. The number of halogens is 1. The first kappa shape index (κ1) is 9.50. The van der Waals surface area contributed by atoms with E-state index >= 15 is 0 Å². The van der Waals surface area contributed by atoms with Crippen molar-refractivity contribution in [2.75, 3.05) is 0 Å². The molecule has 2 unspecified atom stereocenters. The van der Waals surface area contributed by atoms with Crippen LogP contribution in [0, 0.1) is 5.92 Å². The molecule has 0 aromatic carbocycles. The van der Waals surface area contributed by atoms with Gasteiger partial charge in [-0.25, -0.2) is 0 Å². The van der Waals surface area contributed by atoms with Crippen molar-refractivity contribution < 1.29 is 5.11 Å². The van der Waals surface area contributed by atoms with Crippen LogP contribution in [0.25, 0.3) is 0 Å². The maximum Gasteiger partial charge on any atom is 0.101 e. The number of aliphatic hydroxyl groups is 1. The Kier molecular flexibility index (Phi) is 2.39. The zero-order valence-electron chi connectivity index (χ0n) is 7.59. The van der Waals surface area contributed by atoms with Gasteiger partial charge in [-0.05, 0) is 37.3 Å². The minimum atomic E-state index is -0.599. The second-order valence-corrected chi connectivity index (χ2v) is 5.54. The minimum Gasteiger partial charge on any atom is -0.384 e. The summed E-state index contributed by atoms with van der Waals surface area (Å²) in [6, 6.07) is 3.82. The van der Waals surface area contributed by atoms with Crippen LogP contribution in [0.5, 0.6) is 0 Å². The summed E-state index contributed by atoms with van der Waals surface area (Å²) in [5.41, 5.74) is -0.599. The Bertz CT molecular complexity index is 310. The highest BCUT2D eigenvalue weighted by Gasteiger charge is 2.40. The molecule has 1 nitrogen and oxygen atoms in total. The first-order valence-electron chi connectivity index (χ1n) is 4.61. The lowest BCUT2D eigenvalue weighted by Crippen LogP contribution is -2.26. The van der Waals surface area contributed by atoms with E-state index in [1.165, 1.54) is 11.3 Å². The van der Waals surface area contributed by atoms with Crippen LogP contribution in [-0.4, -0.2) is 5.11 Å². The van der Waals surface area contributed by atoms with Crippen molar-refractivity contribution in [2.45, 2.75) is 31.8 Å². The average molecular weight is 217 g/mol. The average Bonchev–Trinajstić information content (AvgIpc) is 2.62. The van der Waals surface area contributed by atoms with Gasteiger partial charge in [0.2, 0.25) is 0 Å². The van der Waals surface area contributed by atoms with Crippen molar-refractivity contribution in [3.8, 4) is 0 Å². The highest BCUT2D eigenvalue weighted by atomic mass is 35.5. The number of hydrogen-bond acceptors (Lipinski definition) is 2. The molecule has 2 atom stereocenters. The van der Waals surface area contributed by atoms with Gasteiger partial charge in [-0.3, -0.25) is 0 Å². The van der Waals surface area contributed by atoms with E-state index in [1.807, 2.05) is 12.1 Å². The lowest BCUT2D eigenvalue weighted by molar-refractivity contribution is 0.00810. The van der Waals surface area contributed by atoms with Crippen molar-refractivity contribution in [2.24, 2.45) is 5.92 Å². The second-order valence-electron chi connectivity index (χ2n) is 3.82. The summed E-state index contributed by atoms with van der Waals surface area (Å²) in [7, 11) is 0. The molecule has 0 bridgehead atoms. The molecule has 0 aliphatic heterocycles. The molecule has 0 saturated heterocycles. The smallest absolute Gasteiger partial charge is 0.101 e. The van der Waals surface area contributed by atoms with E-state index in [1.54, 1.807) is 0 Å². The maximum atomic E-state index is 10.4. The van der Waals surface area contributed by atoms with Gasteiger partial charge in [0.1, 0.15) is 5.60 Å². The Hall–Kier alpha value is -0.0500. The first-order valence-corrected chi connectivity index (χ1v) is 5.80. The Morgan fingerprint density at radius 3 is 2.85 bits per heavy atom. The van der Waals surface area contributed by atoms with Crippen LogP contribution >= 0.6 is 22.9 Å². The topological polar surface area (TPSA) is 20.2 Å². The Morgan fingerprint density at radius 1 is 1.62 bits per heavy atom. The van der Waals surface area contributed by atoms with E-state index < -0.39 is 5.60 Å². The molecular formula is C10H13ClOS. The van der Waals surface area contributed by atoms with Gasteiger partial charge in [-0.1, -0.05) is 18.5 Å². The third-order valence-electron chi connectivity index (χ3n) is 3.01. The lowest BCUT2D eigenvalue weighted by Gasteiger charge is -2.26. The predicted octanol–water partition coefficient (Wildman–Crippen LogP) is 3.41. The highest BCUT2D eigenvalue weighted by molar-refractivity contribution is 7.16. The summed E-state index contributed by atoms with van der Waals surface area (Å²) < 4.78 is 0.766. The summed E-state index contributed by atoms with van der Waals surface area (Å²) >= 11 is 7.36. The molecule has 72 valence electrons. The largest absolute Gasteiger partial charge is 0.384 e. The lowest BCUT2D eigenvalue weighted by atomic mass is 9.91. The summed E-state index contributed by atoms with van der Waals surface area (Å²) in [6.07, 6.45) is 3.12. The van der Waals surface area contributed by atoms with Gasteiger partial charge in [0.05, 0.1) is 4.34 Å². The maximum absolute atomic E-state index is 10.4. The molecule has 1 fully saturated rings. The molecule has 1 saturated carbocycles. The zero-order valence-corrected chi connectivity index (χ0v) is 9.16. The van der Waals surface area contributed by atoms with Gasteiger partial charge >= 0.3 is 0 Å². The van der Waals surface area contributed by atoms with E-state index in [4.69, 9.17) is 11.6 Å². The fourth-order valence-corrected chi connectivity index (χ4v) is 3.35. The quantitative estimate of drug-likeness (QED) is 0.763. The molecule has 0 spiro atoms. The van der Waals surface area contributed by atoms with Crippen molar-refractivity contribution in [3.63, 3.8) is 0 Å². The van der Waals surface area contributed by atoms with E-state index in [0.29, 0.717) is 5.92 Å². The van der Waals surface area contributed by atoms with Crippen molar-refractivity contribution in [1.29, 1.82) is 0 Å². The normalized spacial score (nSPS) is 33.9. The van der Waals surface area contributed by atoms with Crippen LogP contribution in [-0.2, 0) is 5.60 Å². The van der Waals surface area contributed by atoms with Gasteiger partial charge < -0.3 is 5.11 Å². The Balaban J connectivity index is 2.33. The fourth-order valence-electron chi connectivity index (χ4n) is 2.08. The van der Waals surface area contributed by atoms with Crippen LogP contribution in [0.4, 0.5) is 0 Å². The molecule has 1 aromatic rings. The van der Waals surface area contributed by atoms with E-state index in [2.05, 4.69) is 6.92 Å². The molecule has 1 N–H and O–H groups in total. The van der Waals surface area contributed by atoms with Crippen LogP contribution in [0.2, 0.25) is 4.34 Å². The van der Waals surface area contributed by atoms with E-state index in [9.17, 15) is 5.11 Å². The van der Waals surface area contributed by atoms with Gasteiger partial charge in [-0.15, -0.1) is 11.3 Å². The van der Waals surface area contributed by atoms with Crippen molar-refractivity contribution in [1.82, 2.24) is 0 Å². The summed E-state index contributed by atoms with van der Waals surface area (Å²) in [6.45, 7) is 2.11. The number of hydrogen-bond donors (Lipinski definition) is 1. The van der Waals surface area contributed by atoms with E-state index in [0.717, 1.165) is 28.5 Å². The third kappa shape index (κ3) is 1.51. The standard InChI is InChI=1S/C10H13ClOS/c1-7-3-2-6-10(7,12)8-4-5-9(11)13-8/h4-5,7,12H,2-3,6H2,1H3. The van der Waals surface area contributed by atoms with Crippen LogP contribution < -0.4 is 0 Å². The molecule has 3 heteroatoms. The molecule has 1 aromatic heterocycles. The van der Waals surface area contributed by atoms with Crippen LogP contribution in [0.1, 0.15) is 31.1 Å². The van der Waals surface area contributed by atoms with Gasteiger partial charge in [0, 0.05) is 4.88 Å². The molecular weight excluding hydrogens is 204 g/mol. The SMILES string of the molecule is CC1CCCC1(O)c1ccc(Cl)s1. The first-order chi connectivity index (χ1) is 6.13. The molecule has 1 heterocycles. The molecule has 1 aliphatic rings. The fraction of sp³-hybridized carbons (Fsp3) is 0.600. The van der Waals surface area contributed by atoms with Gasteiger partial charge in [-0.2, -0.15) is 0 Å². The second kappa shape index (κ2) is 3.26. The van der Waals surface area contributed by atoms with Gasteiger partial charge in [0.25, 0.3) is 0 Å². The predicted molar refractivity (Wildman–Crippen MR) is 56.2 cm³/mol. The minimum absolute atomic E-state index is 0.363. The Morgan fingerprint density at radius 2 is 2.38 bits per heavy atom. The summed E-state index contributed by atoms with van der Waals surface area (Å²) in [5, 5.41) is 10.4. The monoisotopic (exact) mass is 216 g/mol.